The first kappa shape index (κ1) is 9.66. The SMILES string of the molecule is Cc1nnc(CNC(C)C(=O)O)o1. The van der Waals surface area contributed by atoms with Gasteiger partial charge in [-0.3, -0.25) is 10.1 Å². The molecule has 0 radical (unpaired) electrons. The third-order valence-corrected chi connectivity index (χ3v) is 1.50. The third kappa shape index (κ3) is 2.83. The van der Waals surface area contributed by atoms with E-state index in [-0.39, 0.29) is 6.54 Å². The van der Waals surface area contributed by atoms with Gasteiger partial charge < -0.3 is 9.52 Å². The Hall–Kier alpha value is -1.43. The highest BCUT2D eigenvalue weighted by Crippen LogP contribution is 1.97. The summed E-state index contributed by atoms with van der Waals surface area (Å²) in [4.78, 5) is 10.4. The van der Waals surface area contributed by atoms with Crippen LogP contribution in [-0.4, -0.2) is 27.3 Å². The fraction of sp³-hybridized carbons (Fsp3) is 0.571. The summed E-state index contributed by atoms with van der Waals surface area (Å²) in [5.41, 5.74) is 0. The summed E-state index contributed by atoms with van der Waals surface area (Å²) in [6, 6.07) is -0.618. The fourth-order valence-corrected chi connectivity index (χ4v) is 0.737. The first-order valence-electron chi connectivity index (χ1n) is 3.85. The molecule has 0 bridgehead atoms. The average Bonchev–Trinajstić information content (AvgIpc) is 2.47. The second-order valence-electron chi connectivity index (χ2n) is 2.66. The topological polar surface area (TPSA) is 88.2 Å². The van der Waals surface area contributed by atoms with E-state index in [0.29, 0.717) is 11.8 Å². The molecule has 1 atom stereocenters. The Kier molecular flexibility index (Phi) is 2.97. The molecule has 1 unspecified atom stereocenters. The van der Waals surface area contributed by atoms with Crippen molar-refractivity contribution in [2.24, 2.45) is 0 Å². The van der Waals surface area contributed by atoms with Crippen LogP contribution in [0.25, 0.3) is 0 Å². The highest BCUT2D eigenvalue weighted by molar-refractivity contribution is 5.72. The Bertz CT molecular complexity index is 297. The maximum absolute atomic E-state index is 10.4. The van der Waals surface area contributed by atoms with E-state index in [0.717, 1.165) is 0 Å². The van der Waals surface area contributed by atoms with Gasteiger partial charge in [-0.15, -0.1) is 10.2 Å². The quantitative estimate of drug-likeness (QED) is 0.683. The van der Waals surface area contributed by atoms with Gasteiger partial charge in [-0.25, -0.2) is 0 Å². The predicted octanol–water partition coefficient (Wildman–Crippen LogP) is -0.0593. The van der Waals surface area contributed by atoms with Crippen molar-refractivity contribution in [3.8, 4) is 0 Å². The molecule has 0 aromatic carbocycles. The number of rotatable bonds is 4. The minimum absolute atomic E-state index is 0.272. The highest BCUT2D eigenvalue weighted by atomic mass is 16.4. The molecular formula is C7H11N3O3. The number of carboxylic acid groups (broad SMARTS) is 1. The lowest BCUT2D eigenvalue weighted by molar-refractivity contribution is -0.139. The Morgan fingerprint density at radius 3 is 2.85 bits per heavy atom. The van der Waals surface area contributed by atoms with Crippen molar-refractivity contribution in [2.45, 2.75) is 26.4 Å². The van der Waals surface area contributed by atoms with Gasteiger partial charge in [-0.05, 0) is 6.92 Å². The lowest BCUT2D eigenvalue weighted by Gasteiger charge is -2.05. The van der Waals surface area contributed by atoms with Crippen molar-refractivity contribution in [3.05, 3.63) is 11.8 Å². The number of nitrogens with one attached hydrogen (secondary N) is 1. The van der Waals surface area contributed by atoms with Crippen LogP contribution >= 0.6 is 0 Å². The summed E-state index contributed by atoms with van der Waals surface area (Å²) in [5.74, 6) is -0.0402. The lowest BCUT2D eigenvalue weighted by Crippen LogP contribution is -2.33. The van der Waals surface area contributed by atoms with Crippen LogP contribution in [-0.2, 0) is 11.3 Å². The molecule has 0 saturated carbocycles. The zero-order valence-electron chi connectivity index (χ0n) is 7.44. The minimum Gasteiger partial charge on any atom is -0.480 e. The van der Waals surface area contributed by atoms with Crippen LogP contribution in [0.4, 0.5) is 0 Å². The average molecular weight is 185 g/mol. The summed E-state index contributed by atoms with van der Waals surface area (Å²) in [6.45, 7) is 3.50. The van der Waals surface area contributed by atoms with E-state index >= 15 is 0 Å². The largest absolute Gasteiger partial charge is 0.480 e. The molecule has 72 valence electrons. The standard InChI is InChI=1S/C7H11N3O3/c1-4(7(11)12)8-3-6-10-9-5(2)13-6/h4,8H,3H2,1-2H3,(H,11,12). The molecule has 1 aromatic heterocycles. The van der Waals surface area contributed by atoms with E-state index in [9.17, 15) is 4.79 Å². The zero-order chi connectivity index (χ0) is 9.84. The van der Waals surface area contributed by atoms with Crippen LogP contribution < -0.4 is 5.32 Å². The lowest BCUT2D eigenvalue weighted by atomic mass is 10.3. The number of aryl methyl sites for hydroxylation is 1. The summed E-state index contributed by atoms with van der Waals surface area (Å²) >= 11 is 0. The summed E-state index contributed by atoms with van der Waals surface area (Å²) in [5, 5.41) is 18.6. The molecule has 6 heteroatoms. The summed E-state index contributed by atoms with van der Waals surface area (Å²) in [6.07, 6.45) is 0. The van der Waals surface area contributed by atoms with Gasteiger partial charge in [-0.1, -0.05) is 0 Å². The Morgan fingerprint density at radius 1 is 1.69 bits per heavy atom. The van der Waals surface area contributed by atoms with Gasteiger partial charge in [0.25, 0.3) is 0 Å². The predicted molar refractivity (Wildman–Crippen MR) is 43.0 cm³/mol. The molecule has 0 fully saturated rings. The first-order chi connectivity index (χ1) is 6.09. The van der Waals surface area contributed by atoms with Crippen LogP contribution in [0.1, 0.15) is 18.7 Å². The van der Waals surface area contributed by atoms with Gasteiger partial charge >= 0.3 is 5.97 Å². The molecule has 0 saturated heterocycles. The first-order valence-corrected chi connectivity index (χ1v) is 3.85. The molecule has 0 spiro atoms. The molecule has 1 aromatic rings. The van der Waals surface area contributed by atoms with E-state index in [1.54, 1.807) is 13.8 Å². The second kappa shape index (κ2) is 3.99. The number of hydrogen-bond acceptors (Lipinski definition) is 5. The van der Waals surface area contributed by atoms with Crippen LogP contribution in [0.3, 0.4) is 0 Å². The zero-order valence-corrected chi connectivity index (χ0v) is 7.44. The summed E-state index contributed by atoms with van der Waals surface area (Å²) < 4.78 is 5.04. The van der Waals surface area contributed by atoms with Gasteiger partial charge in [0.1, 0.15) is 6.04 Å². The van der Waals surface area contributed by atoms with Crippen molar-refractivity contribution in [1.29, 1.82) is 0 Å². The molecule has 6 nitrogen and oxygen atoms in total. The van der Waals surface area contributed by atoms with E-state index in [4.69, 9.17) is 9.52 Å². The van der Waals surface area contributed by atoms with Gasteiger partial charge in [0.15, 0.2) is 0 Å². The molecule has 13 heavy (non-hydrogen) atoms. The molecule has 0 amide bonds. The smallest absolute Gasteiger partial charge is 0.320 e. The maximum atomic E-state index is 10.4. The van der Waals surface area contributed by atoms with Crippen molar-refractivity contribution in [3.63, 3.8) is 0 Å². The molecule has 0 aliphatic carbocycles. The monoisotopic (exact) mass is 185 g/mol. The van der Waals surface area contributed by atoms with Crippen molar-refractivity contribution < 1.29 is 14.3 Å². The third-order valence-electron chi connectivity index (χ3n) is 1.50. The van der Waals surface area contributed by atoms with E-state index in [1.807, 2.05) is 0 Å². The van der Waals surface area contributed by atoms with Gasteiger partial charge in [0, 0.05) is 6.92 Å². The molecule has 1 heterocycles. The number of carbonyl (C=O) groups is 1. The number of nitrogens with zero attached hydrogens (tertiary/aromatic N) is 2. The van der Waals surface area contributed by atoms with Crippen LogP contribution in [0.2, 0.25) is 0 Å². The number of aromatic nitrogens is 2. The molecule has 1 rings (SSSR count). The van der Waals surface area contributed by atoms with Gasteiger partial charge in [-0.2, -0.15) is 0 Å². The van der Waals surface area contributed by atoms with Crippen molar-refractivity contribution in [1.82, 2.24) is 15.5 Å². The van der Waals surface area contributed by atoms with Crippen molar-refractivity contribution >= 4 is 5.97 Å². The van der Waals surface area contributed by atoms with Gasteiger partial charge in [0.2, 0.25) is 11.8 Å². The molecule has 0 aliphatic rings. The van der Waals surface area contributed by atoms with E-state index in [2.05, 4.69) is 15.5 Å². The van der Waals surface area contributed by atoms with Gasteiger partial charge in [0.05, 0.1) is 6.54 Å². The second-order valence-corrected chi connectivity index (χ2v) is 2.66. The normalized spacial score (nSPS) is 12.8. The molecule has 2 N–H and O–H groups in total. The van der Waals surface area contributed by atoms with E-state index in [1.165, 1.54) is 0 Å². The fourth-order valence-electron chi connectivity index (χ4n) is 0.737. The van der Waals surface area contributed by atoms with Crippen LogP contribution in [0.15, 0.2) is 4.42 Å². The van der Waals surface area contributed by atoms with Crippen LogP contribution in [0, 0.1) is 6.92 Å². The Balaban J connectivity index is 2.39. The number of hydrogen-bond donors (Lipinski definition) is 2. The number of aliphatic carboxylic acids is 1. The number of carboxylic acids is 1. The Labute approximate surface area is 75.0 Å². The maximum Gasteiger partial charge on any atom is 0.320 e. The Morgan fingerprint density at radius 2 is 2.38 bits per heavy atom. The minimum atomic E-state index is -0.906. The highest BCUT2D eigenvalue weighted by Gasteiger charge is 2.11. The van der Waals surface area contributed by atoms with E-state index < -0.39 is 12.0 Å². The molecular weight excluding hydrogens is 174 g/mol. The molecule has 0 aliphatic heterocycles. The summed E-state index contributed by atoms with van der Waals surface area (Å²) in [7, 11) is 0. The van der Waals surface area contributed by atoms with Crippen molar-refractivity contribution in [2.75, 3.05) is 0 Å². The van der Waals surface area contributed by atoms with Crippen LogP contribution in [0.5, 0.6) is 0 Å².